The summed E-state index contributed by atoms with van der Waals surface area (Å²) in [6.07, 6.45) is 2.16. The molecule has 1 aromatic heterocycles. The van der Waals surface area contributed by atoms with Crippen molar-refractivity contribution in [3.63, 3.8) is 0 Å². The predicted molar refractivity (Wildman–Crippen MR) is 102 cm³/mol. The number of anilines is 3. The molecule has 2 aromatic rings. The van der Waals surface area contributed by atoms with Gasteiger partial charge in [-0.1, -0.05) is 6.07 Å². The summed E-state index contributed by atoms with van der Waals surface area (Å²) >= 11 is 0. The van der Waals surface area contributed by atoms with Gasteiger partial charge in [-0.25, -0.2) is 9.97 Å². The zero-order valence-corrected chi connectivity index (χ0v) is 15.5. The smallest absolute Gasteiger partial charge is 0.353 e. The SMILES string of the molecule is COC(=O)C1CCN(c2ncnc(Nc3cccc([N+](=O)[O-])c3)c2[N+](=O)[O-])CC1. The number of nitro groups is 2. The largest absolute Gasteiger partial charge is 0.469 e. The third-order valence-corrected chi connectivity index (χ3v) is 4.63. The molecule has 1 saturated heterocycles. The molecule has 12 heteroatoms. The number of nitro benzene ring substituents is 1. The second-order valence-electron chi connectivity index (χ2n) is 6.37. The van der Waals surface area contributed by atoms with E-state index in [0.717, 1.165) is 0 Å². The summed E-state index contributed by atoms with van der Waals surface area (Å²) in [5.41, 5.74) is -0.205. The van der Waals surface area contributed by atoms with Gasteiger partial charge in [-0.15, -0.1) is 0 Å². The molecule has 0 aliphatic carbocycles. The molecule has 0 saturated carbocycles. The van der Waals surface area contributed by atoms with Gasteiger partial charge in [0, 0.05) is 30.9 Å². The topological polar surface area (TPSA) is 154 Å². The van der Waals surface area contributed by atoms with E-state index in [4.69, 9.17) is 4.74 Å². The van der Waals surface area contributed by atoms with Crippen molar-refractivity contribution in [2.45, 2.75) is 12.8 Å². The van der Waals surface area contributed by atoms with Crippen LogP contribution in [-0.2, 0) is 9.53 Å². The van der Waals surface area contributed by atoms with E-state index in [9.17, 15) is 25.0 Å². The molecule has 1 N–H and O–H groups in total. The number of rotatable bonds is 6. The molecule has 0 amide bonds. The predicted octanol–water partition coefficient (Wildman–Crippen LogP) is 2.43. The highest BCUT2D eigenvalue weighted by atomic mass is 16.6. The molecule has 2 heterocycles. The normalized spacial score (nSPS) is 14.3. The summed E-state index contributed by atoms with van der Waals surface area (Å²) < 4.78 is 4.76. The first kappa shape index (κ1) is 19.9. The molecule has 1 aromatic carbocycles. The minimum atomic E-state index is -0.596. The van der Waals surface area contributed by atoms with Crippen molar-refractivity contribution in [3.05, 3.63) is 50.8 Å². The molecular weight excluding hydrogens is 384 g/mol. The number of benzene rings is 1. The van der Waals surface area contributed by atoms with Crippen molar-refractivity contribution in [2.24, 2.45) is 5.92 Å². The number of hydrogen-bond donors (Lipinski definition) is 1. The number of carbonyl (C=O) groups is 1. The van der Waals surface area contributed by atoms with Gasteiger partial charge in [0.15, 0.2) is 0 Å². The van der Waals surface area contributed by atoms with Crippen LogP contribution in [-0.4, -0.2) is 46.0 Å². The minimum absolute atomic E-state index is 0.0735. The Labute approximate surface area is 164 Å². The van der Waals surface area contributed by atoms with Gasteiger partial charge in [0.2, 0.25) is 11.6 Å². The van der Waals surface area contributed by atoms with E-state index in [0.29, 0.717) is 25.9 Å². The first-order chi connectivity index (χ1) is 13.9. The Hall–Kier alpha value is -3.83. The molecule has 0 atom stereocenters. The van der Waals surface area contributed by atoms with Gasteiger partial charge in [-0.3, -0.25) is 25.0 Å². The van der Waals surface area contributed by atoms with E-state index in [-0.39, 0.29) is 40.6 Å². The number of aromatic nitrogens is 2. The number of hydrogen-bond acceptors (Lipinski definition) is 10. The average molecular weight is 402 g/mol. The van der Waals surface area contributed by atoms with E-state index in [1.807, 2.05) is 0 Å². The Balaban J connectivity index is 1.87. The molecule has 0 bridgehead atoms. The summed E-state index contributed by atoms with van der Waals surface area (Å²) in [6, 6.07) is 5.58. The van der Waals surface area contributed by atoms with Gasteiger partial charge in [-0.05, 0) is 18.9 Å². The van der Waals surface area contributed by atoms with Crippen LogP contribution in [0.5, 0.6) is 0 Å². The fourth-order valence-electron chi connectivity index (χ4n) is 3.19. The van der Waals surface area contributed by atoms with Gasteiger partial charge in [-0.2, -0.15) is 0 Å². The molecule has 12 nitrogen and oxygen atoms in total. The average Bonchev–Trinajstić information content (AvgIpc) is 2.73. The molecule has 1 aliphatic rings. The lowest BCUT2D eigenvalue weighted by atomic mass is 9.97. The Morgan fingerprint density at radius 2 is 1.93 bits per heavy atom. The molecule has 1 fully saturated rings. The number of nitrogens with zero attached hydrogens (tertiary/aromatic N) is 5. The Morgan fingerprint density at radius 1 is 1.21 bits per heavy atom. The lowest BCUT2D eigenvalue weighted by Crippen LogP contribution is -2.37. The maximum absolute atomic E-state index is 11.7. The highest BCUT2D eigenvalue weighted by Gasteiger charge is 2.32. The molecule has 3 rings (SSSR count). The molecular formula is C17H18N6O6. The van der Waals surface area contributed by atoms with Crippen LogP contribution in [0.15, 0.2) is 30.6 Å². The molecule has 152 valence electrons. The third kappa shape index (κ3) is 4.36. The fraction of sp³-hybridized carbons (Fsp3) is 0.353. The first-order valence-corrected chi connectivity index (χ1v) is 8.74. The number of piperidine rings is 1. The Kier molecular flexibility index (Phi) is 5.81. The molecule has 0 spiro atoms. The maximum Gasteiger partial charge on any atom is 0.353 e. The zero-order chi connectivity index (χ0) is 21.0. The van der Waals surface area contributed by atoms with E-state index < -0.39 is 9.85 Å². The summed E-state index contributed by atoms with van der Waals surface area (Å²) in [5.74, 6) is -0.494. The van der Waals surface area contributed by atoms with Crippen molar-refractivity contribution in [3.8, 4) is 0 Å². The van der Waals surface area contributed by atoms with Crippen LogP contribution >= 0.6 is 0 Å². The van der Waals surface area contributed by atoms with Crippen LogP contribution in [0.25, 0.3) is 0 Å². The number of ether oxygens (including phenoxy) is 1. The molecule has 0 unspecified atom stereocenters. The molecule has 29 heavy (non-hydrogen) atoms. The van der Waals surface area contributed by atoms with Crippen LogP contribution in [0, 0.1) is 26.1 Å². The Morgan fingerprint density at radius 3 is 2.55 bits per heavy atom. The maximum atomic E-state index is 11.7. The van der Waals surface area contributed by atoms with E-state index in [1.165, 1.54) is 31.6 Å². The molecule has 0 radical (unpaired) electrons. The lowest BCUT2D eigenvalue weighted by Gasteiger charge is -2.31. The second-order valence-corrected chi connectivity index (χ2v) is 6.37. The van der Waals surface area contributed by atoms with Crippen LogP contribution in [0.1, 0.15) is 12.8 Å². The van der Waals surface area contributed by atoms with Gasteiger partial charge in [0.25, 0.3) is 5.69 Å². The quantitative estimate of drug-likeness (QED) is 0.433. The van der Waals surface area contributed by atoms with Crippen molar-refractivity contribution in [1.82, 2.24) is 9.97 Å². The summed E-state index contributed by atoms with van der Waals surface area (Å²) in [4.78, 5) is 43.0. The number of methoxy groups -OCH3 is 1. The highest BCUT2D eigenvalue weighted by molar-refractivity contribution is 5.76. The van der Waals surface area contributed by atoms with Crippen molar-refractivity contribution >= 4 is 34.7 Å². The van der Waals surface area contributed by atoms with E-state index in [1.54, 1.807) is 11.0 Å². The lowest BCUT2D eigenvalue weighted by molar-refractivity contribution is -0.384. The van der Waals surface area contributed by atoms with Gasteiger partial charge in [0.1, 0.15) is 6.33 Å². The van der Waals surface area contributed by atoms with Crippen LogP contribution < -0.4 is 10.2 Å². The molecule has 1 aliphatic heterocycles. The standard InChI is InChI=1S/C17H18N6O6/c1-29-17(24)11-5-7-21(8-6-11)16-14(23(27)28)15(18-10-19-16)20-12-3-2-4-13(9-12)22(25)26/h2-4,9-11H,5-8H2,1H3,(H,18,19,20). The van der Waals surface area contributed by atoms with Crippen LogP contribution in [0.3, 0.4) is 0 Å². The number of non-ortho nitro benzene ring substituents is 1. The number of nitrogens with one attached hydrogen (secondary N) is 1. The van der Waals surface area contributed by atoms with Crippen LogP contribution in [0.4, 0.5) is 28.7 Å². The zero-order valence-electron chi connectivity index (χ0n) is 15.5. The first-order valence-electron chi connectivity index (χ1n) is 8.74. The number of carbonyl (C=O) groups excluding carboxylic acids is 1. The Bertz CT molecular complexity index is 944. The van der Waals surface area contributed by atoms with Crippen LogP contribution in [0.2, 0.25) is 0 Å². The third-order valence-electron chi connectivity index (χ3n) is 4.63. The summed E-state index contributed by atoms with van der Waals surface area (Å²) in [5, 5.41) is 25.5. The van der Waals surface area contributed by atoms with Crippen molar-refractivity contribution in [2.75, 3.05) is 30.4 Å². The van der Waals surface area contributed by atoms with Gasteiger partial charge in [0.05, 0.1) is 22.9 Å². The van der Waals surface area contributed by atoms with Crippen molar-refractivity contribution < 1.29 is 19.4 Å². The fourth-order valence-corrected chi connectivity index (χ4v) is 3.19. The van der Waals surface area contributed by atoms with Gasteiger partial charge < -0.3 is 15.0 Å². The monoisotopic (exact) mass is 402 g/mol. The van der Waals surface area contributed by atoms with Crippen molar-refractivity contribution in [1.29, 1.82) is 0 Å². The van der Waals surface area contributed by atoms with Gasteiger partial charge >= 0.3 is 11.7 Å². The highest BCUT2D eigenvalue weighted by Crippen LogP contribution is 2.35. The number of esters is 1. The summed E-state index contributed by atoms with van der Waals surface area (Å²) in [7, 11) is 1.33. The second kappa shape index (κ2) is 8.46. The van der Waals surface area contributed by atoms with E-state index in [2.05, 4.69) is 15.3 Å². The minimum Gasteiger partial charge on any atom is -0.469 e. The summed E-state index contributed by atoms with van der Waals surface area (Å²) in [6.45, 7) is 0.793. The van der Waals surface area contributed by atoms with E-state index >= 15 is 0 Å².